The Balaban J connectivity index is 2.77. The summed E-state index contributed by atoms with van der Waals surface area (Å²) >= 11 is 0. The Hall–Kier alpha value is -2.28. The van der Waals surface area contributed by atoms with E-state index < -0.39 is 18.1 Å². The van der Waals surface area contributed by atoms with E-state index in [0.717, 1.165) is 0 Å². The van der Waals surface area contributed by atoms with Gasteiger partial charge in [0, 0.05) is 5.69 Å². The monoisotopic (exact) mass is 250 g/mol. The van der Waals surface area contributed by atoms with E-state index in [0.29, 0.717) is 17.7 Å². The highest BCUT2D eigenvalue weighted by Gasteiger charge is 2.20. The van der Waals surface area contributed by atoms with E-state index in [-0.39, 0.29) is 6.42 Å². The molecule has 7 heteroatoms. The Morgan fingerprint density at radius 1 is 1.50 bits per heavy atom. The number of anilines is 1. The number of nitrogens with zero attached hydrogens (tertiary/aromatic N) is 1. The quantitative estimate of drug-likeness (QED) is 0.426. The zero-order chi connectivity index (χ0) is 13.5. The lowest BCUT2D eigenvalue weighted by Crippen LogP contribution is -2.42. The highest BCUT2D eigenvalue weighted by atomic mass is 16.4. The van der Waals surface area contributed by atoms with E-state index in [9.17, 15) is 9.59 Å². The SMILES string of the molecule is N=Nc1ccc(NC(CC(=O)O)[C@H](N)C=O)cc1. The molecule has 18 heavy (non-hydrogen) atoms. The fourth-order valence-electron chi connectivity index (χ4n) is 1.41. The van der Waals surface area contributed by atoms with Crippen LogP contribution in [0.25, 0.3) is 0 Å². The van der Waals surface area contributed by atoms with Crippen molar-refractivity contribution in [1.29, 1.82) is 5.53 Å². The first-order chi connectivity index (χ1) is 8.56. The van der Waals surface area contributed by atoms with Crippen LogP contribution in [0.4, 0.5) is 11.4 Å². The van der Waals surface area contributed by atoms with Crippen molar-refractivity contribution in [3.05, 3.63) is 24.3 Å². The number of carboxylic acid groups (broad SMARTS) is 1. The second kappa shape index (κ2) is 6.45. The van der Waals surface area contributed by atoms with Gasteiger partial charge in [-0.05, 0) is 24.3 Å². The number of rotatable bonds is 7. The van der Waals surface area contributed by atoms with Gasteiger partial charge in [-0.15, -0.1) is 0 Å². The fourth-order valence-corrected chi connectivity index (χ4v) is 1.41. The van der Waals surface area contributed by atoms with E-state index in [1.165, 1.54) is 0 Å². The second-order valence-electron chi connectivity index (χ2n) is 3.72. The fraction of sp³-hybridized carbons (Fsp3) is 0.273. The van der Waals surface area contributed by atoms with Gasteiger partial charge in [0.05, 0.1) is 24.2 Å². The number of aldehydes is 1. The minimum Gasteiger partial charge on any atom is -0.481 e. The molecule has 1 aromatic rings. The first-order valence-corrected chi connectivity index (χ1v) is 5.23. The molecule has 1 aromatic carbocycles. The highest BCUT2D eigenvalue weighted by Crippen LogP contribution is 2.17. The Kier molecular flexibility index (Phi) is 4.94. The molecule has 0 saturated heterocycles. The third-order valence-corrected chi connectivity index (χ3v) is 2.36. The first kappa shape index (κ1) is 13.8. The molecule has 0 aliphatic rings. The number of nitrogens with two attached hydrogens (primary N) is 1. The van der Waals surface area contributed by atoms with Crippen LogP contribution in [0.5, 0.6) is 0 Å². The summed E-state index contributed by atoms with van der Waals surface area (Å²) in [6, 6.07) is 4.89. The molecule has 1 unspecified atom stereocenters. The topological polar surface area (TPSA) is 129 Å². The van der Waals surface area contributed by atoms with Crippen molar-refractivity contribution in [2.24, 2.45) is 10.8 Å². The summed E-state index contributed by atoms with van der Waals surface area (Å²) in [6.07, 6.45) is 0.249. The number of carbonyl (C=O) groups excluding carboxylic acids is 1. The average Bonchev–Trinajstić information content (AvgIpc) is 2.37. The van der Waals surface area contributed by atoms with Crippen LogP contribution in [0.3, 0.4) is 0 Å². The van der Waals surface area contributed by atoms with Gasteiger partial charge in [-0.25, -0.2) is 5.53 Å². The molecule has 0 amide bonds. The van der Waals surface area contributed by atoms with Gasteiger partial charge in [-0.3, -0.25) is 4.79 Å². The maximum Gasteiger partial charge on any atom is 0.305 e. The summed E-state index contributed by atoms with van der Waals surface area (Å²) in [5.74, 6) is -1.04. The summed E-state index contributed by atoms with van der Waals surface area (Å²) in [5, 5.41) is 14.8. The number of aliphatic carboxylic acids is 1. The van der Waals surface area contributed by atoms with Gasteiger partial charge in [-0.2, -0.15) is 5.11 Å². The predicted octanol–water partition coefficient (Wildman–Crippen LogP) is 1.13. The summed E-state index contributed by atoms with van der Waals surface area (Å²) in [5.41, 5.74) is 13.4. The number of nitrogens with one attached hydrogen (secondary N) is 2. The minimum atomic E-state index is -1.04. The Labute approximate surface area is 103 Å². The van der Waals surface area contributed by atoms with Crippen LogP contribution >= 0.6 is 0 Å². The third kappa shape index (κ3) is 3.95. The van der Waals surface area contributed by atoms with Crippen LogP contribution in [0.1, 0.15) is 6.42 Å². The summed E-state index contributed by atoms with van der Waals surface area (Å²) < 4.78 is 0. The lowest BCUT2D eigenvalue weighted by atomic mass is 10.1. The van der Waals surface area contributed by atoms with Crippen molar-refractivity contribution in [2.45, 2.75) is 18.5 Å². The van der Waals surface area contributed by atoms with Crippen molar-refractivity contribution < 1.29 is 14.7 Å². The molecule has 0 radical (unpaired) electrons. The van der Waals surface area contributed by atoms with Gasteiger partial charge in [0.2, 0.25) is 0 Å². The number of carbonyl (C=O) groups is 2. The van der Waals surface area contributed by atoms with E-state index in [1.807, 2.05) is 0 Å². The van der Waals surface area contributed by atoms with Crippen molar-refractivity contribution >= 4 is 23.6 Å². The normalized spacial score (nSPS) is 13.4. The molecule has 0 aliphatic carbocycles. The van der Waals surface area contributed by atoms with Crippen molar-refractivity contribution in [2.75, 3.05) is 5.32 Å². The largest absolute Gasteiger partial charge is 0.481 e. The molecule has 0 fully saturated rings. The first-order valence-electron chi connectivity index (χ1n) is 5.23. The predicted molar refractivity (Wildman–Crippen MR) is 65.0 cm³/mol. The molecule has 0 heterocycles. The van der Waals surface area contributed by atoms with Crippen molar-refractivity contribution in [1.82, 2.24) is 0 Å². The zero-order valence-corrected chi connectivity index (χ0v) is 9.54. The average molecular weight is 250 g/mol. The molecule has 5 N–H and O–H groups in total. The van der Waals surface area contributed by atoms with Crippen LogP contribution in [0, 0.1) is 5.53 Å². The van der Waals surface area contributed by atoms with Crippen LogP contribution in [-0.2, 0) is 9.59 Å². The van der Waals surface area contributed by atoms with Gasteiger partial charge in [0.1, 0.15) is 6.29 Å². The molecule has 0 bridgehead atoms. The molecule has 0 saturated carbocycles. The van der Waals surface area contributed by atoms with Crippen LogP contribution in [0.2, 0.25) is 0 Å². The Morgan fingerprint density at radius 2 is 2.11 bits per heavy atom. The highest BCUT2D eigenvalue weighted by molar-refractivity contribution is 5.71. The molecule has 0 aliphatic heterocycles. The van der Waals surface area contributed by atoms with Crippen LogP contribution in [-0.4, -0.2) is 29.4 Å². The number of benzene rings is 1. The van der Waals surface area contributed by atoms with Crippen LogP contribution < -0.4 is 11.1 Å². The Bertz CT molecular complexity index is 432. The molecule has 96 valence electrons. The lowest BCUT2D eigenvalue weighted by Gasteiger charge is -2.20. The maximum absolute atomic E-state index is 10.7. The second-order valence-corrected chi connectivity index (χ2v) is 3.72. The molecule has 7 nitrogen and oxygen atoms in total. The van der Waals surface area contributed by atoms with Gasteiger partial charge in [0.15, 0.2) is 0 Å². The minimum absolute atomic E-state index is 0.259. The molecule has 1 rings (SSSR count). The molecular formula is C11H14N4O3. The number of hydrogen-bond acceptors (Lipinski definition) is 6. The van der Waals surface area contributed by atoms with Crippen molar-refractivity contribution in [3.8, 4) is 0 Å². The smallest absolute Gasteiger partial charge is 0.305 e. The molecule has 0 aromatic heterocycles. The molecular weight excluding hydrogens is 236 g/mol. The summed E-state index contributed by atoms with van der Waals surface area (Å²) in [6.45, 7) is 0. The van der Waals surface area contributed by atoms with E-state index >= 15 is 0 Å². The third-order valence-electron chi connectivity index (χ3n) is 2.36. The van der Waals surface area contributed by atoms with E-state index in [2.05, 4.69) is 10.4 Å². The summed E-state index contributed by atoms with van der Waals surface area (Å²) in [7, 11) is 0. The zero-order valence-electron chi connectivity index (χ0n) is 9.54. The van der Waals surface area contributed by atoms with Gasteiger partial charge in [-0.1, -0.05) is 0 Å². The van der Waals surface area contributed by atoms with E-state index in [4.69, 9.17) is 16.4 Å². The van der Waals surface area contributed by atoms with Crippen LogP contribution in [0.15, 0.2) is 29.4 Å². The van der Waals surface area contributed by atoms with Gasteiger partial charge >= 0.3 is 5.97 Å². The van der Waals surface area contributed by atoms with Gasteiger partial charge in [0.25, 0.3) is 0 Å². The molecule has 0 spiro atoms. The standard InChI is InChI=1S/C11H14N4O3/c12-9(6-16)10(5-11(17)18)14-7-1-3-8(15-13)4-2-7/h1-4,6,9-10,13-14H,5,12H2,(H,17,18)/t9-,10?/m1/s1. The van der Waals surface area contributed by atoms with Crippen molar-refractivity contribution in [3.63, 3.8) is 0 Å². The molecule has 2 atom stereocenters. The Morgan fingerprint density at radius 3 is 2.56 bits per heavy atom. The lowest BCUT2D eigenvalue weighted by molar-refractivity contribution is -0.137. The maximum atomic E-state index is 10.7. The summed E-state index contributed by atoms with van der Waals surface area (Å²) in [4.78, 5) is 21.3. The number of hydrogen-bond donors (Lipinski definition) is 4. The van der Waals surface area contributed by atoms with E-state index in [1.54, 1.807) is 24.3 Å². The number of carboxylic acids is 1. The van der Waals surface area contributed by atoms with Gasteiger partial charge < -0.3 is 21.0 Å².